The Bertz CT molecular complexity index is 375. The smallest absolute Gasteiger partial charge is 0.124 e. The summed E-state index contributed by atoms with van der Waals surface area (Å²) in [4.78, 5) is 0. The molecule has 0 heterocycles. The molecule has 0 fully saturated rings. The number of rotatable bonds is 8. The molecule has 0 aliphatic rings. The summed E-state index contributed by atoms with van der Waals surface area (Å²) in [6.45, 7) is 4.48. The normalized spacial score (nSPS) is 12.9. The van der Waals surface area contributed by atoms with Crippen molar-refractivity contribution >= 4 is 15.9 Å². The standard InChI is InChI=1S/C16H25BrFN/c1-4-6-12(7-5-2)16(19-3)10-13-8-9-14(18)11-15(13)17/h8-9,11-12,16,19H,4-7,10H2,1-3H3. The van der Waals surface area contributed by atoms with Gasteiger partial charge in [0.15, 0.2) is 0 Å². The third kappa shape index (κ3) is 5.23. The van der Waals surface area contributed by atoms with Gasteiger partial charge in [-0.3, -0.25) is 0 Å². The van der Waals surface area contributed by atoms with Crippen molar-refractivity contribution in [2.45, 2.75) is 52.0 Å². The van der Waals surface area contributed by atoms with Gasteiger partial charge in [0, 0.05) is 10.5 Å². The lowest BCUT2D eigenvalue weighted by molar-refractivity contribution is 0.322. The number of benzene rings is 1. The fraction of sp³-hybridized carbons (Fsp3) is 0.625. The number of nitrogens with one attached hydrogen (secondary N) is 1. The van der Waals surface area contributed by atoms with E-state index in [9.17, 15) is 4.39 Å². The quantitative estimate of drug-likeness (QED) is 0.712. The van der Waals surface area contributed by atoms with Crippen molar-refractivity contribution in [3.63, 3.8) is 0 Å². The van der Waals surface area contributed by atoms with Crippen LogP contribution in [0.2, 0.25) is 0 Å². The molecule has 0 radical (unpaired) electrons. The fourth-order valence-corrected chi connectivity index (χ4v) is 3.23. The van der Waals surface area contributed by atoms with Crippen LogP contribution in [-0.4, -0.2) is 13.1 Å². The second kappa shape index (κ2) is 8.70. The molecule has 108 valence electrons. The van der Waals surface area contributed by atoms with Gasteiger partial charge in [0.25, 0.3) is 0 Å². The van der Waals surface area contributed by atoms with E-state index < -0.39 is 0 Å². The van der Waals surface area contributed by atoms with Crippen LogP contribution in [0.25, 0.3) is 0 Å². The largest absolute Gasteiger partial charge is 0.316 e. The molecule has 0 bridgehead atoms. The Kier molecular flexibility index (Phi) is 7.62. The van der Waals surface area contributed by atoms with Crippen molar-refractivity contribution in [3.8, 4) is 0 Å². The monoisotopic (exact) mass is 329 g/mol. The molecule has 0 aromatic heterocycles. The highest BCUT2D eigenvalue weighted by Gasteiger charge is 2.19. The van der Waals surface area contributed by atoms with Crippen molar-refractivity contribution in [2.75, 3.05) is 7.05 Å². The number of halogens is 2. The van der Waals surface area contributed by atoms with E-state index in [2.05, 4.69) is 35.1 Å². The van der Waals surface area contributed by atoms with E-state index in [1.165, 1.54) is 31.2 Å². The Morgan fingerprint density at radius 3 is 2.32 bits per heavy atom. The van der Waals surface area contributed by atoms with Gasteiger partial charge in [0.05, 0.1) is 0 Å². The summed E-state index contributed by atoms with van der Waals surface area (Å²) in [5.74, 6) is 0.507. The summed E-state index contributed by atoms with van der Waals surface area (Å²) < 4.78 is 14.0. The van der Waals surface area contributed by atoms with Crippen LogP contribution >= 0.6 is 15.9 Å². The zero-order valence-corrected chi connectivity index (χ0v) is 13.8. The van der Waals surface area contributed by atoms with Crippen molar-refractivity contribution in [2.24, 2.45) is 5.92 Å². The molecule has 1 atom stereocenters. The van der Waals surface area contributed by atoms with E-state index >= 15 is 0 Å². The molecule has 3 heteroatoms. The fourth-order valence-electron chi connectivity index (χ4n) is 2.72. The lowest BCUT2D eigenvalue weighted by Crippen LogP contribution is -2.35. The van der Waals surface area contributed by atoms with Gasteiger partial charge in [-0.15, -0.1) is 0 Å². The maximum atomic E-state index is 13.1. The van der Waals surface area contributed by atoms with E-state index in [0.717, 1.165) is 10.9 Å². The Balaban J connectivity index is 2.78. The average Bonchev–Trinajstić information content (AvgIpc) is 2.38. The second-order valence-corrected chi connectivity index (χ2v) is 6.03. The van der Waals surface area contributed by atoms with Crippen molar-refractivity contribution < 1.29 is 4.39 Å². The molecule has 1 aromatic carbocycles. The van der Waals surface area contributed by atoms with E-state index in [4.69, 9.17) is 0 Å². The first-order chi connectivity index (χ1) is 9.12. The number of hydrogen-bond acceptors (Lipinski definition) is 1. The van der Waals surface area contributed by atoms with Gasteiger partial charge in [-0.1, -0.05) is 48.7 Å². The van der Waals surface area contributed by atoms with Crippen LogP contribution in [0.15, 0.2) is 22.7 Å². The molecule has 0 amide bonds. The second-order valence-electron chi connectivity index (χ2n) is 5.17. The van der Waals surface area contributed by atoms with Crippen molar-refractivity contribution in [3.05, 3.63) is 34.1 Å². The van der Waals surface area contributed by atoms with Gasteiger partial charge in [0.2, 0.25) is 0 Å². The third-order valence-electron chi connectivity index (χ3n) is 3.71. The lowest BCUT2D eigenvalue weighted by Gasteiger charge is -2.27. The first-order valence-electron chi connectivity index (χ1n) is 7.23. The molecule has 1 N–H and O–H groups in total. The predicted molar refractivity (Wildman–Crippen MR) is 84.0 cm³/mol. The summed E-state index contributed by atoms with van der Waals surface area (Å²) in [5, 5.41) is 3.45. The Morgan fingerprint density at radius 2 is 1.84 bits per heavy atom. The minimum Gasteiger partial charge on any atom is -0.316 e. The zero-order chi connectivity index (χ0) is 14.3. The highest BCUT2D eigenvalue weighted by Crippen LogP contribution is 2.25. The maximum absolute atomic E-state index is 13.1. The molecule has 1 nitrogen and oxygen atoms in total. The summed E-state index contributed by atoms with van der Waals surface area (Å²) in [5.41, 5.74) is 1.18. The molecule has 1 unspecified atom stereocenters. The summed E-state index contributed by atoms with van der Waals surface area (Å²) >= 11 is 3.46. The Morgan fingerprint density at radius 1 is 1.21 bits per heavy atom. The van der Waals surface area contributed by atoms with Gasteiger partial charge in [-0.2, -0.15) is 0 Å². The number of likely N-dealkylation sites (N-methyl/N-ethyl adjacent to an activating group) is 1. The van der Waals surface area contributed by atoms with E-state index in [1.54, 1.807) is 12.1 Å². The van der Waals surface area contributed by atoms with Crippen LogP contribution in [0.5, 0.6) is 0 Å². The van der Waals surface area contributed by atoms with Gasteiger partial charge in [0.1, 0.15) is 5.82 Å². The molecular formula is C16H25BrFN. The zero-order valence-electron chi connectivity index (χ0n) is 12.2. The van der Waals surface area contributed by atoms with Gasteiger partial charge >= 0.3 is 0 Å². The molecule has 1 aromatic rings. The molecule has 0 aliphatic heterocycles. The van der Waals surface area contributed by atoms with Crippen LogP contribution in [0, 0.1) is 11.7 Å². The molecular weight excluding hydrogens is 305 g/mol. The minimum atomic E-state index is -0.185. The average molecular weight is 330 g/mol. The summed E-state index contributed by atoms with van der Waals surface area (Å²) in [7, 11) is 2.03. The predicted octanol–water partition coefficient (Wildman–Crippen LogP) is 4.94. The summed E-state index contributed by atoms with van der Waals surface area (Å²) in [6.07, 6.45) is 5.87. The highest BCUT2D eigenvalue weighted by atomic mass is 79.9. The van der Waals surface area contributed by atoms with Crippen LogP contribution in [0.4, 0.5) is 4.39 Å². The first-order valence-corrected chi connectivity index (χ1v) is 8.02. The molecule has 0 saturated heterocycles. The van der Waals surface area contributed by atoms with Crippen LogP contribution < -0.4 is 5.32 Å². The third-order valence-corrected chi connectivity index (χ3v) is 4.45. The topological polar surface area (TPSA) is 12.0 Å². The van der Waals surface area contributed by atoms with Crippen molar-refractivity contribution in [1.29, 1.82) is 0 Å². The lowest BCUT2D eigenvalue weighted by atomic mass is 9.87. The van der Waals surface area contributed by atoms with Gasteiger partial charge in [-0.25, -0.2) is 4.39 Å². The molecule has 0 spiro atoms. The van der Waals surface area contributed by atoms with E-state index in [-0.39, 0.29) is 5.82 Å². The van der Waals surface area contributed by atoms with E-state index in [0.29, 0.717) is 12.0 Å². The summed E-state index contributed by atoms with van der Waals surface area (Å²) in [6, 6.07) is 5.44. The van der Waals surface area contributed by atoms with E-state index in [1.807, 2.05) is 13.1 Å². The Hall–Kier alpha value is -0.410. The SMILES string of the molecule is CCCC(CCC)C(Cc1ccc(F)cc1Br)NC. The molecule has 0 aliphatic carbocycles. The van der Waals surface area contributed by atoms with Gasteiger partial charge < -0.3 is 5.32 Å². The Labute approximate surface area is 125 Å². The highest BCUT2D eigenvalue weighted by molar-refractivity contribution is 9.10. The van der Waals surface area contributed by atoms with Crippen LogP contribution in [0.3, 0.4) is 0 Å². The minimum absolute atomic E-state index is 0.185. The number of hydrogen-bond donors (Lipinski definition) is 1. The molecule has 0 saturated carbocycles. The molecule has 1 rings (SSSR count). The van der Waals surface area contributed by atoms with Crippen molar-refractivity contribution in [1.82, 2.24) is 5.32 Å². The van der Waals surface area contributed by atoms with Gasteiger partial charge in [-0.05, 0) is 49.9 Å². The van der Waals surface area contributed by atoms with Crippen LogP contribution in [0.1, 0.15) is 45.1 Å². The maximum Gasteiger partial charge on any atom is 0.124 e. The van der Waals surface area contributed by atoms with Crippen LogP contribution in [-0.2, 0) is 6.42 Å². The molecule has 19 heavy (non-hydrogen) atoms. The first kappa shape index (κ1) is 16.6.